The highest BCUT2D eigenvalue weighted by Crippen LogP contribution is 1.98. The molecule has 8 nitrogen and oxygen atoms in total. The summed E-state index contributed by atoms with van der Waals surface area (Å²) < 4.78 is 0. The Morgan fingerprint density at radius 1 is 1.36 bits per heavy atom. The van der Waals surface area contributed by atoms with Crippen LogP contribution in [0.5, 0.6) is 0 Å². The Morgan fingerprint density at radius 2 is 1.86 bits per heavy atom. The van der Waals surface area contributed by atoms with E-state index in [1.165, 1.54) is 0 Å². The van der Waals surface area contributed by atoms with Gasteiger partial charge in [0.25, 0.3) is 5.91 Å². The zero-order valence-corrected chi connectivity index (χ0v) is 7.21. The molecule has 3 amide bonds. The highest BCUT2D eigenvalue weighted by Gasteiger charge is 2.19. The lowest BCUT2D eigenvalue weighted by molar-refractivity contribution is -0.152. The summed E-state index contributed by atoms with van der Waals surface area (Å²) in [7, 11) is 0. The van der Waals surface area contributed by atoms with Crippen molar-refractivity contribution in [3.8, 4) is 0 Å². The smallest absolute Gasteiger partial charge is 0.345 e. The van der Waals surface area contributed by atoms with Gasteiger partial charge >= 0.3 is 12.0 Å². The van der Waals surface area contributed by atoms with Crippen molar-refractivity contribution in [2.24, 2.45) is 11.5 Å². The zero-order valence-electron chi connectivity index (χ0n) is 7.21. The van der Waals surface area contributed by atoms with Gasteiger partial charge in [0.05, 0.1) is 0 Å². The van der Waals surface area contributed by atoms with Crippen molar-refractivity contribution in [1.82, 2.24) is 5.06 Å². The van der Waals surface area contributed by atoms with Gasteiger partial charge in [0.2, 0.25) is 0 Å². The van der Waals surface area contributed by atoms with Crippen LogP contribution >= 0.6 is 0 Å². The van der Waals surface area contributed by atoms with Crippen LogP contribution in [-0.2, 0) is 9.59 Å². The van der Waals surface area contributed by atoms with Crippen LogP contribution in [0.2, 0.25) is 0 Å². The maximum absolute atomic E-state index is 10.8. The third-order valence-corrected chi connectivity index (χ3v) is 1.43. The number of carboxylic acid groups (broad SMARTS) is 1. The average molecular weight is 205 g/mol. The molecule has 0 aromatic heterocycles. The molecule has 0 spiro atoms. The third kappa shape index (κ3) is 3.83. The molecule has 0 fully saturated rings. The van der Waals surface area contributed by atoms with E-state index in [9.17, 15) is 14.4 Å². The maximum atomic E-state index is 10.8. The molecule has 0 aliphatic rings. The number of carbonyl (C=O) groups is 3. The second-order valence-electron chi connectivity index (χ2n) is 2.53. The number of carboxylic acids is 1. The standard InChI is InChI=1S/C6H11N3O5/c7-3(5(11)12)1-2-4(10)9(14)6(8)13/h3,14H,1-2,7H2,(H2,8,13)(H,11,12)/t3-/m0/s1. The number of primary amides is 1. The number of carbonyl (C=O) groups excluding carboxylic acids is 2. The van der Waals surface area contributed by atoms with E-state index in [0.29, 0.717) is 0 Å². The number of nitrogens with two attached hydrogens (primary N) is 2. The first kappa shape index (κ1) is 12.3. The van der Waals surface area contributed by atoms with Gasteiger partial charge in [0.1, 0.15) is 6.04 Å². The van der Waals surface area contributed by atoms with Crippen LogP contribution in [0.4, 0.5) is 4.79 Å². The first-order chi connectivity index (χ1) is 6.36. The largest absolute Gasteiger partial charge is 0.480 e. The summed E-state index contributed by atoms with van der Waals surface area (Å²) in [6, 6.07) is -2.53. The second kappa shape index (κ2) is 5.14. The molecule has 14 heavy (non-hydrogen) atoms. The lowest BCUT2D eigenvalue weighted by Gasteiger charge is -2.10. The number of amides is 3. The summed E-state index contributed by atoms with van der Waals surface area (Å²) in [5.41, 5.74) is 9.64. The molecule has 6 N–H and O–H groups in total. The van der Waals surface area contributed by atoms with Crippen LogP contribution in [0, 0.1) is 0 Å². The highest BCUT2D eigenvalue weighted by molar-refractivity contribution is 5.92. The van der Waals surface area contributed by atoms with Crippen LogP contribution < -0.4 is 11.5 Å². The van der Waals surface area contributed by atoms with Crippen molar-refractivity contribution in [2.45, 2.75) is 18.9 Å². The lowest BCUT2D eigenvalue weighted by atomic mass is 10.1. The van der Waals surface area contributed by atoms with Crippen molar-refractivity contribution >= 4 is 17.9 Å². The van der Waals surface area contributed by atoms with Gasteiger partial charge < -0.3 is 16.6 Å². The molecular weight excluding hydrogens is 194 g/mol. The number of urea groups is 1. The van der Waals surface area contributed by atoms with Crippen molar-refractivity contribution in [2.75, 3.05) is 0 Å². The number of hydrogen-bond donors (Lipinski definition) is 4. The monoisotopic (exact) mass is 205 g/mol. The van der Waals surface area contributed by atoms with Crippen LogP contribution in [-0.4, -0.2) is 39.3 Å². The average Bonchev–Trinajstić information content (AvgIpc) is 2.11. The van der Waals surface area contributed by atoms with Gasteiger partial charge in [-0.05, 0) is 6.42 Å². The summed E-state index contributed by atoms with van der Waals surface area (Å²) in [6.07, 6.45) is -0.550. The summed E-state index contributed by atoms with van der Waals surface area (Å²) in [5.74, 6) is -2.25. The van der Waals surface area contributed by atoms with Crippen molar-refractivity contribution in [1.29, 1.82) is 0 Å². The zero-order chi connectivity index (χ0) is 11.3. The Bertz CT molecular complexity index is 254. The van der Waals surface area contributed by atoms with E-state index in [1.807, 2.05) is 0 Å². The van der Waals surface area contributed by atoms with Gasteiger partial charge in [-0.3, -0.25) is 14.8 Å². The third-order valence-electron chi connectivity index (χ3n) is 1.43. The Kier molecular flexibility index (Phi) is 4.53. The number of rotatable bonds is 4. The fraction of sp³-hybridized carbons (Fsp3) is 0.500. The molecule has 0 aromatic rings. The predicted octanol–water partition coefficient (Wildman–Crippen LogP) is -1.52. The van der Waals surface area contributed by atoms with Crippen molar-refractivity contribution in [3.63, 3.8) is 0 Å². The normalized spacial score (nSPS) is 11.9. The molecule has 1 atom stereocenters. The number of nitrogens with zero attached hydrogens (tertiary/aromatic N) is 1. The molecule has 0 heterocycles. The Hall–Kier alpha value is -1.67. The first-order valence-electron chi connectivity index (χ1n) is 3.66. The highest BCUT2D eigenvalue weighted by atomic mass is 16.5. The van der Waals surface area contributed by atoms with Crippen molar-refractivity contribution in [3.05, 3.63) is 0 Å². The first-order valence-corrected chi connectivity index (χ1v) is 3.66. The fourth-order valence-corrected chi connectivity index (χ4v) is 0.631. The Morgan fingerprint density at radius 3 is 2.21 bits per heavy atom. The number of hydrogen-bond acceptors (Lipinski definition) is 5. The summed E-state index contributed by atoms with van der Waals surface area (Å²) in [5, 5.41) is 16.7. The summed E-state index contributed by atoms with van der Waals surface area (Å²) >= 11 is 0. The summed E-state index contributed by atoms with van der Waals surface area (Å²) in [6.45, 7) is 0. The van der Waals surface area contributed by atoms with Gasteiger partial charge in [-0.2, -0.15) is 0 Å². The molecule has 0 aromatic carbocycles. The molecule has 8 heteroatoms. The van der Waals surface area contributed by atoms with E-state index in [0.717, 1.165) is 0 Å². The van der Waals surface area contributed by atoms with E-state index in [2.05, 4.69) is 5.73 Å². The SMILES string of the molecule is NC(=O)N(O)C(=O)CC[C@H](N)C(=O)O. The molecule has 0 saturated carbocycles. The van der Waals surface area contributed by atoms with Gasteiger partial charge in [0.15, 0.2) is 0 Å². The quantitative estimate of drug-likeness (QED) is 0.323. The molecule has 0 aliphatic carbocycles. The second-order valence-corrected chi connectivity index (χ2v) is 2.53. The van der Waals surface area contributed by atoms with E-state index < -0.39 is 23.9 Å². The van der Waals surface area contributed by atoms with Gasteiger partial charge in [-0.1, -0.05) is 0 Å². The molecule has 0 aliphatic heterocycles. The maximum Gasteiger partial charge on any atom is 0.345 e. The summed E-state index contributed by atoms with van der Waals surface area (Å²) in [4.78, 5) is 31.3. The van der Waals surface area contributed by atoms with Crippen LogP contribution in [0.3, 0.4) is 0 Å². The number of aliphatic carboxylic acids is 1. The van der Waals surface area contributed by atoms with E-state index in [4.69, 9.17) is 16.0 Å². The Labute approximate surface area is 79.0 Å². The van der Waals surface area contributed by atoms with E-state index in [-0.39, 0.29) is 17.9 Å². The minimum atomic E-state index is -1.32. The molecule has 0 unspecified atom stereocenters. The molecule has 0 bridgehead atoms. The van der Waals surface area contributed by atoms with Crippen LogP contribution in [0.25, 0.3) is 0 Å². The lowest BCUT2D eigenvalue weighted by Crippen LogP contribution is -2.39. The van der Waals surface area contributed by atoms with E-state index in [1.54, 1.807) is 0 Å². The van der Waals surface area contributed by atoms with Crippen molar-refractivity contribution < 1.29 is 24.7 Å². The predicted molar refractivity (Wildman–Crippen MR) is 43.1 cm³/mol. The molecule has 0 saturated heterocycles. The van der Waals surface area contributed by atoms with E-state index >= 15 is 0 Å². The van der Waals surface area contributed by atoms with Gasteiger partial charge in [0, 0.05) is 6.42 Å². The molecule has 80 valence electrons. The molecule has 0 radical (unpaired) electrons. The minimum Gasteiger partial charge on any atom is -0.480 e. The van der Waals surface area contributed by atoms with Gasteiger partial charge in [-0.25, -0.2) is 4.79 Å². The van der Waals surface area contributed by atoms with Crippen LogP contribution in [0.15, 0.2) is 0 Å². The molecule has 0 rings (SSSR count). The Balaban J connectivity index is 3.97. The van der Waals surface area contributed by atoms with Crippen LogP contribution in [0.1, 0.15) is 12.8 Å². The number of hydroxylamine groups is 2. The minimum absolute atomic E-state index is 0.182. The van der Waals surface area contributed by atoms with Gasteiger partial charge in [-0.15, -0.1) is 5.06 Å². The fourth-order valence-electron chi connectivity index (χ4n) is 0.631. The molecular formula is C6H11N3O5. The number of imide groups is 1. The topological polar surface area (TPSA) is 147 Å².